The van der Waals surface area contributed by atoms with Gasteiger partial charge in [0.25, 0.3) is 5.56 Å². The highest BCUT2D eigenvalue weighted by molar-refractivity contribution is 5.78. The van der Waals surface area contributed by atoms with Crippen LogP contribution in [0.1, 0.15) is 31.0 Å². The first-order chi connectivity index (χ1) is 15.9. The smallest absolute Gasteiger partial charge is 0.293 e. The molecule has 0 bridgehead atoms. The molecule has 0 aliphatic carbocycles. The summed E-state index contributed by atoms with van der Waals surface area (Å²) in [7, 11) is 3.44. The molecule has 1 saturated heterocycles. The van der Waals surface area contributed by atoms with Crippen molar-refractivity contribution < 1.29 is 4.74 Å². The zero-order chi connectivity index (χ0) is 24.0. The third-order valence-corrected chi connectivity index (χ3v) is 5.89. The van der Waals surface area contributed by atoms with Crippen molar-refractivity contribution in [1.82, 2.24) is 9.55 Å². The van der Waals surface area contributed by atoms with Crippen molar-refractivity contribution in [3.8, 4) is 17.3 Å². The fraction of sp³-hybridized carbons (Fsp3) is 0.346. The summed E-state index contributed by atoms with van der Waals surface area (Å²) >= 11 is 0. The predicted octanol–water partition coefficient (Wildman–Crippen LogP) is 3.56. The topological polar surface area (TPSA) is 97.2 Å². The van der Waals surface area contributed by atoms with Crippen molar-refractivity contribution in [3.05, 3.63) is 76.3 Å². The Labute approximate surface area is 195 Å². The van der Waals surface area contributed by atoms with E-state index in [1.54, 1.807) is 24.8 Å². The molecule has 1 aromatic heterocycles. The largest absolute Gasteiger partial charge is 0.380 e. The van der Waals surface area contributed by atoms with E-state index in [1.807, 2.05) is 42.2 Å². The zero-order valence-electron chi connectivity index (χ0n) is 19.5. The molecule has 33 heavy (non-hydrogen) atoms. The van der Waals surface area contributed by atoms with E-state index in [1.165, 1.54) is 6.08 Å². The van der Waals surface area contributed by atoms with Crippen molar-refractivity contribution in [2.45, 2.75) is 32.4 Å². The van der Waals surface area contributed by atoms with Crippen LogP contribution in [0, 0.1) is 11.3 Å². The Morgan fingerprint density at radius 1 is 1.30 bits per heavy atom. The molecule has 0 saturated carbocycles. The molecule has 172 valence electrons. The Balaban J connectivity index is 2.18. The monoisotopic (exact) mass is 445 g/mol. The fourth-order valence-corrected chi connectivity index (χ4v) is 3.91. The number of nitrogens with zero attached hydrogens (tertiary/aromatic N) is 4. The summed E-state index contributed by atoms with van der Waals surface area (Å²) in [6.07, 6.45) is 6.71. The lowest BCUT2D eigenvalue weighted by molar-refractivity contribution is 0.185. The van der Waals surface area contributed by atoms with Crippen molar-refractivity contribution in [2.75, 3.05) is 25.1 Å². The molecule has 2 aromatic rings. The fourth-order valence-electron chi connectivity index (χ4n) is 3.91. The number of methoxy groups -OCH3 is 1. The van der Waals surface area contributed by atoms with Crippen molar-refractivity contribution in [1.29, 1.82) is 5.26 Å². The lowest BCUT2D eigenvalue weighted by atomic mass is 10.0. The van der Waals surface area contributed by atoms with Crippen LogP contribution < -0.4 is 16.2 Å². The summed E-state index contributed by atoms with van der Waals surface area (Å²) in [5, 5.41) is 9.22. The Bertz CT molecular complexity index is 1160. The lowest BCUT2D eigenvalue weighted by Gasteiger charge is -2.31. The van der Waals surface area contributed by atoms with E-state index in [4.69, 9.17) is 15.5 Å². The van der Waals surface area contributed by atoms with E-state index in [9.17, 15) is 10.1 Å². The maximum Gasteiger partial charge on any atom is 0.293 e. The van der Waals surface area contributed by atoms with Crippen molar-refractivity contribution in [2.24, 2.45) is 12.8 Å². The van der Waals surface area contributed by atoms with Gasteiger partial charge < -0.3 is 19.9 Å². The van der Waals surface area contributed by atoms with Crippen LogP contribution >= 0.6 is 0 Å². The van der Waals surface area contributed by atoms with Gasteiger partial charge in [0, 0.05) is 38.9 Å². The molecule has 0 atom stereocenters. The van der Waals surface area contributed by atoms with Crippen LogP contribution in [-0.2, 0) is 18.4 Å². The summed E-state index contributed by atoms with van der Waals surface area (Å²) in [6.45, 7) is 7.52. The Hall–Kier alpha value is -3.47. The summed E-state index contributed by atoms with van der Waals surface area (Å²) in [5.41, 5.74) is 10.6. The van der Waals surface area contributed by atoms with Crippen LogP contribution in [0.5, 0.6) is 0 Å². The molecule has 0 spiro atoms. The molecule has 7 nitrogen and oxygen atoms in total. The average molecular weight is 446 g/mol. The highest BCUT2D eigenvalue weighted by atomic mass is 16.5. The van der Waals surface area contributed by atoms with Gasteiger partial charge in [0.05, 0.1) is 29.6 Å². The minimum Gasteiger partial charge on any atom is -0.380 e. The van der Waals surface area contributed by atoms with Crippen LogP contribution in [0.15, 0.2) is 59.4 Å². The van der Waals surface area contributed by atoms with Crippen LogP contribution in [0.25, 0.3) is 16.8 Å². The van der Waals surface area contributed by atoms with Gasteiger partial charge >= 0.3 is 0 Å². The highest BCUT2D eigenvalue weighted by Gasteiger charge is 2.24. The number of piperidine rings is 1. The second-order valence-corrected chi connectivity index (χ2v) is 8.24. The normalized spacial score (nSPS) is 15.4. The van der Waals surface area contributed by atoms with Crippen LogP contribution in [0.4, 0.5) is 5.82 Å². The number of nitriles is 1. The first kappa shape index (κ1) is 24.2. The molecule has 0 unspecified atom stereocenters. The van der Waals surface area contributed by atoms with Gasteiger partial charge in [0.15, 0.2) is 5.82 Å². The standard InChI is InChI=1S/C26H31N5O2/c1-5-19(16-27)7-6-18(2)23-24(21-10-8-20(9-11-21)17-33-4)30(3)26(32)25(29-23)31-14-12-22(28)13-15-31/h5-11,22H,1,12-15,17,28H2,2-4H3/b18-6+,19-7+. The molecular formula is C26H31N5O2. The van der Waals surface area contributed by atoms with Gasteiger partial charge in [-0.2, -0.15) is 5.26 Å². The molecule has 1 aromatic carbocycles. The van der Waals surface area contributed by atoms with Gasteiger partial charge in [0.1, 0.15) is 0 Å². The molecule has 7 heteroatoms. The van der Waals surface area contributed by atoms with E-state index in [-0.39, 0.29) is 11.6 Å². The van der Waals surface area contributed by atoms with E-state index in [0.29, 0.717) is 36.8 Å². The minimum absolute atomic E-state index is 0.141. The summed E-state index contributed by atoms with van der Waals surface area (Å²) < 4.78 is 6.88. The van der Waals surface area contributed by atoms with E-state index >= 15 is 0 Å². The number of rotatable bonds is 7. The molecule has 3 rings (SSSR count). The van der Waals surface area contributed by atoms with E-state index in [0.717, 1.165) is 35.2 Å². The number of ether oxygens (including phenoxy) is 1. The lowest BCUT2D eigenvalue weighted by Crippen LogP contribution is -2.43. The van der Waals surface area contributed by atoms with Crippen LogP contribution in [-0.4, -0.2) is 35.8 Å². The minimum atomic E-state index is -0.141. The van der Waals surface area contributed by atoms with Crippen molar-refractivity contribution in [3.63, 3.8) is 0 Å². The summed E-state index contributed by atoms with van der Waals surface area (Å²) in [4.78, 5) is 20.3. The van der Waals surface area contributed by atoms with Crippen LogP contribution in [0.3, 0.4) is 0 Å². The van der Waals surface area contributed by atoms with Gasteiger partial charge in [0.2, 0.25) is 0 Å². The van der Waals surface area contributed by atoms with Crippen molar-refractivity contribution >= 4 is 11.4 Å². The highest BCUT2D eigenvalue weighted by Crippen LogP contribution is 2.29. The number of anilines is 1. The first-order valence-corrected chi connectivity index (χ1v) is 11.0. The molecule has 1 aliphatic rings. The number of benzene rings is 1. The second-order valence-electron chi connectivity index (χ2n) is 8.24. The number of hydrogen-bond donors (Lipinski definition) is 1. The third kappa shape index (κ3) is 5.48. The predicted molar refractivity (Wildman–Crippen MR) is 133 cm³/mol. The molecule has 0 amide bonds. The van der Waals surface area contributed by atoms with Gasteiger partial charge in [-0.3, -0.25) is 4.79 Å². The quantitative estimate of drug-likeness (QED) is 0.517. The van der Waals surface area contributed by atoms with E-state index in [2.05, 4.69) is 12.6 Å². The van der Waals surface area contributed by atoms with Gasteiger partial charge in [-0.15, -0.1) is 0 Å². The number of allylic oxidation sites excluding steroid dienone is 5. The number of aromatic nitrogens is 2. The maximum atomic E-state index is 13.4. The first-order valence-electron chi connectivity index (χ1n) is 11.0. The Morgan fingerprint density at radius 3 is 2.55 bits per heavy atom. The molecule has 1 aliphatic heterocycles. The van der Waals surface area contributed by atoms with Gasteiger partial charge in [-0.05, 0) is 37.0 Å². The van der Waals surface area contributed by atoms with Gasteiger partial charge in [-0.25, -0.2) is 4.98 Å². The molecule has 0 radical (unpaired) electrons. The average Bonchev–Trinajstić information content (AvgIpc) is 2.82. The molecule has 1 fully saturated rings. The van der Waals surface area contributed by atoms with Crippen LogP contribution in [0.2, 0.25) is 0 Å². The second kappa shape index (κ2) is 10.9. The summed E-state index contributed by atoms with van der Waals surface area (Å²) in [5.74, 6) is 0.431. The SMILES string of the molecule is C=C/C(C#N)=C\C=C(/C)c1nc(N2CCC(N)CC2)c(=O)n(C)c1-c1ccc(COC)cc1. The zero-order valence-corrected chi connectivity index (χ0v) is 19.5. The summed E-state index contributed by atoms with van der Waals surface area (Å²) in [6, 6.07) is 10.2. The molecule has 2 heterocycles. The molecular weight excluding hydrogens is 414 g/mol. The third-order valence-electron chi connectivity index (χ3n) is 5.89. The van der Waals surface area contributed by atoms with Gasteiger partial charge in [-0.1, -0.05) is 43.0 Å². The number of nitrogens with two attached hydrogens (primary N) is 1. The van der Waals surface area contributed by atoms with E-state index < -0.39 is 0 Å². The number of hydrogen-bond acceptors (Lipinski definition) is 6. The molecule has 2 N–H and O–H groups in total. The Morgan fingerprint density at radius 2 is 1.97 bits per heavy atom. The maximum absolute atomic E-state index is 13.4. The Kier molecular flexibility index (Phi) is 7.99.